The Hall–Kier alpha value is -1.58. The number of halogens is 1. The maximum Gasteiger partial charge on any atom is 0.123 e. The maximum absolute atomic E-state index is 5.96. The Balaban J connectivity index is 2.08. The molecule has 0 fully saturated rings. The number of nitrogens with one attached hydrogen (secondary N) is 1. The van der Waals surface area contributed by atoms with Crippen LogP contribution in [-0.4, -0.2) is 7.05 Å². The van der Waals surface area contributed by atoms with Gasteiger partial charge in [-0.1, -0.05) is 52.3 Å². The molecule has 0 saturated heterocycles. The summed E-state index contributed by atoms with van der Waals surface area (Å²) < 4.78 is 7.04. The van der Waals surface area contributed by atoms with Crippen LogP contribution in [0.15, 0.2) is 59.6 Å². The highest BCUT2D eigenvalue weighted by Gasteiger charge is 2.05. The molecule has 2 aromatic carbocycles. The highest BCUT2D eigenvalue weighted by atomic mass is 79.9. The van der Waals surface area contributed by atoms with E-state index in [4.69, 9.17) is 4.74 Å². The van der Waals surface area contributed by atoms with Crippen LogP contribution in [0.2, 0.25) is 0 Å². The number of allylic oxidation sites excluding steroid dienone is 1. The molecule has 0 aliphatic rings. The molecule has 1 N–H and O–H groups in total. The van der Waals surface area contributed by atoms with E-state index in [1.54, 1.807) is 0 Å². The van der Waals surface area contributed by atoms with Crippen molar-refractivity contribution >= 4 is 15.9 Å². The van der Waals surface area contributed by atoms with E-state index in [0.717, 1.165) is 34.3 Å². The maximum atomic E-state index is 5.96. The predicted molar refractivity (Wildman–Crippen MR) is 91.6 cm³/mol. The van der Waals surface area contributed by atoms with Crippen molar-refractivity contribution in [2.24, 2.45) is 0 Å². The molecule has 2 nitrogen and oxygen atoms in total. The Morgan fingerprint density at radius 2 is 2.00 bits per heavy atom. The Morgan fingerprint density at radius 3 is 2.71 bits per heavy atom. The third-order valence-electron chi connectivity index (χ3n) is 3.22. The van der Waals surface area contributed by atoms with E-state index in [-0.39, 0.29) is 0 Å². The molecule has 0 spiro atoms. The van der Waals surface area contributed by atoms with Gasteiger partial charge in [0.1, 0.15) is 12.4 Å². The second-order valence-corrected chi connectivity index (χ2v) is 5.70. The fourth-order valence-electron chi connectivity index (χ4n) is 2.15. The average Bonchev–Trinajstić information content (AvgIpc) is 2.48. The molecule has 0 heterocycles. The van der Waals surface area contributed by atoms with Crippen LogP contribution in [-0.2, 0) is 19.6 Å². The van der Waals surface area contributed by atoms with Gasteiger partial charge >= 0.3 is 0 Å². The molecule has 21 heavy (non-hydrogen) atoms. The molecule has 0 saturated carbocycles. The SMILES string of the molecule is C=CCc1ccccc1OCc1ccc(CNC)cc1Br. The number of hydrogen-bond donors (Lipinski definition) is 1. The molecule has 2 rings (SSSR count). The summed E-state index contributed by atoms with van der Waals surface area (Å²) in [5, 5.41) is 3.15. The normalized spacial score (nSPS) is 10.4. The summed E-state index contributed by atoms with van der Waals surface area (Å²) in [6, 6.07) is 14.4. The summed E-state index contributed by atoms with van der Waals surface area (Å²) in [6.07, 6.45) is 2.71. The van der Waals surface area contributed by atoms with Crippen LogP contribution in [0.25, 0.3) is 0 Å². The molecule has 0 atom stereocenters. The Morgan fingerprint density at radius 1 is 1.19 bits per heavy atom. The van der Waals surface area contributed by atoms with E-state index < -0.39 is 0 Å². The molecule has 2 aromatic rings. The van der Waals surface area contributed by atoms with Gasteiger partial charge in [-0.15, -0.1) is 6.58 Å². The molecule has 0 aliphatic carbocycles. The Kier molecular flexibility index (Phi) is 6.03. The molecular formula is C18H20BrNO. The van der Waals surface area contributed by atoms with Crippen molar-refractivity contribution in [3.63, 3.8) is 0 Å². The average molecular weight is 346 g/mol. The largest absolute Gasteiger partial charge is 0.489 e. The van der Waals surface area contributed by atoms with Crippen LogP contribution in [0.4, 0.5) is 0 Å². The van der Waals surface area contributed by atoms with Crippen LogP contribution < -0.4 is 10.1 Å². The van der Waals surface area contributed by atoms with E-state index in [9.17, 15) is 0 Å². The van der Waals surface area contributed by atoms with E-state index in [0.29, 0.717) is 6.61 Å². The van der Waals surface area contributed by atoms with Crippen molar-refractivity contribution in [3.05, 3.63) is 76.3 Å². The van der Waals surface area contributed by atoms with Gasteiger partial charge in [-0.3, -0.25) is 0 Å². The summed E-state index contributed by atoms with van der Waals surface area (Å²) in [6.45, 7) is 5.20. The van der Waals surface area contributed by atoms with Crippen molar-refractivity contribution in [1.29, 1.82) is 0 Å². The van der Waals surface area contributed by atoms with Crippen molar-refractivity contribution in [3.8, 4) is 5.75 Å². The van der Waals surface area contributed by atoms with Crippen LogP contribution in [0.3, 0.4) is 0 Å². The lowest BCUT2D eigenvalue weighted by Gasteiger charge is -2.12. The van der Waals surface area contributed by atoms with Gasteiger partial charge in [0.2, 0.25) is 0 Å². The third kappa shape index (κ3) is 4.45. The molecular weight excluding hydrogens is 326 g/mol. The summed E-state index contributed by atoms with van der Waals surface area (Å²) in [5.74, 6) is 0.920. The number of para-hydroxylation sites is 1. The lowest BCUT2D eigenvalue weighted by molar-refractivity contribution is 0.302. The molecule has 0 radical (unpaired) electrons. The van der Waals surface area contributed by atoms with Gasteiger partial charge in [0.05, 0.1) is 0 Å². The molecule has 3 heteroatoms. The van der Waals surface area contributed by atoms with Crippen molar-refractivity contribution < 1.29 is 4.74 Å². The molecule has 0 bridgehead atoms. The van der Waals surface area contributed by atoms with Gasteiger partial charge < -0.3 is 10.1 Å². The monoisotopic (exact) mass is 345 g/mol. The topological polar surface area (TPSA) is 21.3 Å². The zero-order valence-corrected chi connectivity index (χ0v) is 13.8. The number of benzene rings is 2. The molecule has 0 amide bonds. The minimum Gasteiger partial charge on any atom is -0.489 e. The zero-order chi connectivity index (χ0) is 15.1. The summed E-state index contributed by atoms with van der Waals surface area (Å²) >= 11 is 3.62. The van der Waals surface area contributed by atoms with Crippen molar-refractivity contribution in [1.82, 2.24) is 5.32 Å². The molecule has 110 valence electrons. The number of ether oxygens (including phenoxy) is 1. The summed E-state index contributed by atoms with van der Waals surface area (Å²) in [5.41, 5.74) is 3.55. The minimum absolute atomic E-state index is 0.550. The molecule has 0 aliphatic heterocycles. The van der Waals surface area contributed by atoms with Gasteiger partial charge in [0.25, 0.3) is 0 Å². The van der Waals surface area contributed by atoms with E-state index >= 15 is 0 Å². The lowest BCUT2D eigenvalue weighted by Crippen LogP contribution is -2.05. The Bertz CT molecular complexity index is 610. The zero-order valence-electron chi connectivity index (χ0n) is 12.2. The standard InChI is InChI=1S/C18H20BrNO/c1-3-6-15-7-4-5-8-18(15)21-13-16-10-9-14(12-20-2)11-17(16)19/h3-5,7-11,20H,1,6,12-13H2,2H3. The predicted octanol–water partition coefficient (Wildman–Crippen LogP) is 4.48. The highest BCUT2D eigenvalue weighted by Crippen LogP contribution is 2.23. The van der Waals surface area contributed by atoms with E-state index in [1.807, 2.05) is 31.3 Å². The van der Waals surface area contributed by atoms with Crippen LogP contribution in [0, 0.1) is 0 Å². The van der Waals surface area contributed by atoms with Crippen LogP contribution >= 0.6 is 15.9 Å². The Labute approximate surface area is 135 Å². The second-order valence-electron chi connectivity index (χ2n) is 4.85. The van der Waals surface area contributed by atoms with Crippen molar-refractivity contribution in [2.75, 3.05) is 7.05 Å². The first-order valence-corrected chi connectivity index (χ1v) is 7.77. The van der Waals surface area contributed by atoms with Gasteiger partial charge in [-0.25, -0.2) is 0 Å². The van der Waals surface area contributed by atoms with Gasteiger partial charge in [-0.05, 0) is 36.7 Å². The quantitative estimate of drug-likeness (QED) is 0.747. The van der Waals surface area contributed by atoms with Gasteiger partial charge in [-0.2, -0.15) is 0 Å². The van der Waals surface area contributed by atoms with Crippen LogP contribution in [0.1, 0.15) is 16.7 Å². The fraction of sp³-hybridized carbons (Fsp3) is 0.222. The number of rotatable bonds is 7. The minimum atomic E-state index is 0.550. The second kappa shape index (κ2) is 8.01. The molecule has 0 unspecified atom stereocenters. The first-order valence-electron chi connectivity index (χ1n) is 6.98. The van der Waals surface area contributed by atoms with Gasteiger partial charge in [0, 0.05) is 16.6 Å². The third-order valence-corrected chi connectivity index (χ3v) is 3.96. The number of hydrogen-bond acceptors (Lipinski definition) is 2. The van der Waals surface area contributed by atoms with Crippen LogP contribution in [0.5, 0.6) is 5.75 Å². The van der Waals surface area contributed by atoms with E-state index in [1.165, 1.54) is 5.56 Å². The first-order chi connectivity index (χ1) is 10.2. The summed E-state index contributed by atoms with van der Waals surface area (Å²) in [4.78, 5) is 0. The molecule has 0 aromatic heterocycles. The van der Waals surface area contributed by atoms with Gasteiger partial charge in [0.15, 0.2) is 0 Å². The lowest BCUT2D eigenvalue weighted by atomic mass is 10.1. The fourth-order valence-corrected chi connectivity index (χ4v) is 2.69. The first kappa shape index (κ1) is 15.8. The smallest absolute Gasteiger partial charge is 0.123 e. The van der Waals surface area contributed by atoms with E-state index in [2.05, 4.69) is 52.1 Å². The summed E-state index contributed by atoms with van der Waals surface area (Å²) in [7, 11) is 1.95. The van der Waals surface area contributed by atoms with Crippen molar-refractivity contribution in [2.45, 2.75) is 19.6 Å². The highest BCUT2D eigenvalue weighted by molar-refractivity contribution is 9.10.